The van der Waals surface area contributed by atoms with E-state index in [1.54, 1.807) is 44.2 Å². The molecule has 2 aromatic rings. The van der Waals surface area contributed by atoms with Crippen LogP contribution in [-0.2, 0) is 24.8 Å². The number of nitrogens with one attached hydrogen (secondary N) is 2. The van der Waals surface area contributed by atoms with Crippen LogP contribution in [0.5, 0.6) is 5.75 Å². The SMILES string of the molecule is COc1ccc(S(=O)(=O)NC(C)C)cc1NC(=O)C(C)N(c1ccccc1)S(C)(=O)=O. The summed E-state index contributed by atoms with van der Waals surface area (Å²) in [7, 11) is -6.21. The van der Waals surface area contributed by atoms with Gasteiger partial charge in [0.05, 0.1) is 29.6 Å². The number of amides is 1. The maximum absolute atomic E-state index is 12.9. The summed E-state index contributed by atoms with van der Waals surface area (Å²) in [5.41, 5.74) is 0.435. The van der Waals surface area contributed by atoms with Gasteiger partial charge in [-0.15, -0.1) is 0 Å². The van der Waals surface area contributed by atoms with Crippen molar-refractivity contribution in [1.29, 1.82) is 0 Å². The molecule has 0 aromatic heterocycles. The lowest BCUT2D eigenvalue weighted by Gasteiger charge is -2.28. The number of rotatable bonds is 9. The fourth-order valence-electron chi connectivity index (χ4n) is 2.95. The Hall–Kier alpha value is -2.63. The number of ether oxygens (including phenoxy) is 1. The van der Waals surface area contributed by atoms with E-state index in [1.807, 2.05) is 0 Å². The summed E-state index contributed by atoms with van der Waals surface area (Å²) in [5, 5.41) is 2.59. The Labute approximate surface area is 183 Å². The highest BCUT2D eigenvalue weighted by Crippen LogP contribution is 2.29. The lowest BCUT2D eigenvalue weighted by molar-refractivity contribution is -0.116. The summed E-state index contributed by atoms with van der Waals surface area (Å²) in [6, 6.07) is 10.8. The molecule has 1 atom stereocenters. The second-order valence-corrected chi connectivity index (χ2v) is 10.8. The lowest BCUT2D eigenvalue weighted by atomic mass is 10.2. The molecule has 0 saturated heterocycles. The molecule has 0 spiro atoms. The third-order valence-corrected chi connectivity index (χ3v) is 7.13. The summed E-state index contributed by atoms with van der Waals surface area (Å²) in [5.74, 6) is -0.423. The zero-order chi connectivity index (χ0) is 23.4. The van der Waals surface area contributed by atoms with E-state index < -0.39 is 32.0 Å². The molecule has 0 radical (unpaired) electrons. The third-order valence-electron chi connectivity index (χ3n) is 4.23. The van der Waals surface area contributed by atoms with Gasteiger partial charge in [0.2, 0.25) is 26.0 Å². The number of anilines is 2. The quantitative estimate of drug-likeness (QED) is 0.580. The minimum atomic E-state index is -3.81. The van der Waals surface area contributed by atoms with Gasteiger partial charge in [0.15, 0.2) is 0 Å². The molecule has 0 heterocycles. The van der Waals surface area contributed by atoms with Crippen LogP contribution in [0.1, 0.15) is 20.8 Å². The molecule has 31 heavy (non-hydrogen) atoms. The van der Waals surface area contributed by atoms with Crippen molar-refractivity contribution in [2.24, 2.45) is 0 Å². The predicted octanol–water partition coefficient (Wildman–Crippen LogP) is 2.18. The standard InChI is InChI=1S/C20H27N3O6S2/c1-14(2)22-31(27,28)17-11-12-19(29-4)18(13-17)21-20(24)15(3)23(30(5,25)26)16-9-7-6-8-10-16/h6-15,22H,1-5H3,(H,21,24). The molecule has 170 valence electrons. The van der Waals surface area contributed by atoms with Gasteiger partial charge in [0, 0.05) is 6.04 Å². The van der Waals surface area contributed by atoms with Crippen LogP contribution in [-0.4, -0.2) is 48.2 Å². The number of hydrogen-bond donors (Lipinski definition) is 2. The zero-order valence-electron chi connectivity index (χ0n) is 18.0. The zero-order valence-corrected chi connectivity index (χ0v) is 19.6. The smallest absolute Gasteiger partial charge is 0.248 e. The van der Waals surface area contributed by atoms with E-state index in [0.29, 0.717) is 5.69 Å². The number of carbonyl (C=O) groups excluding carboxylic acids is 1. The van der Waals surface area contributed by atoms with Gasteiger partial charge >= 0.3 is 0 Å². The van der Waals surface area contributed by atoms with E-state index in [-0.39, 0.29) is 22.4 Å². The minimum Gasteiger partial charge on any atom is -0.495 e. The fourth-order valence-corrected chi connectivity index (χ4v) is 5.40. The van der Waals surface area contributed by atoms with Gasteiger partial charge in [-0.3, -0.25) is 9.10 Å². The Morgan fingerprint density at radius 2 is 1.61 bits per heavy atom. The van der Waals surface area contributed by atoms with Crippen LogP contribution >= 0.6 is 0 Å². The van der Waals surface area contributed by atoms with E-state index in [0.717, 1.165) is 10.6 Å². The Morgan fingerprint density at radius 3 is 2.13 bits per heavy atom. The van der Waals surface area contributed by atoms with Gasteiger partial charge in [-0.25, -0.2) is 21.6 Å². The summed E-state index contributed by atoms with van der Waals surface area (Å²) >= 11 is 0. The number of hydrogen-bond acceptors (Lipinski definition) is 6. The Balaban J connectivity index is 2.40. The van der Waals surface area contributed by atoms with Crippen LogP contribution in [0.15, 0.2) is 53.4 Å². The molecule has 0 fully saturated rings. The number of para-hydroxylation sites is 1. The fraction of sp³-hybridized carbons (Fsp3) is 0.350. The van der Waals surface area contributed by atoms with Crippen molar-refractivity contribution >= 4 is 37.3 Å². The van der Waals surface area contributed by atoms with Gasteiger partial charge < -0.3 is 10.1 Å². The van der Waals surface area contributed by atoms with Gasteiger partial charge in [-0.05, 0) is 51.1 Å². The highest BCUT2D eigenvalue weighted by atomic mass is 32.2. The summed E-state index contributed by atoms with van der Waals surface area (Å²) in [4.78, 5) is 12.9. The molecule has 2 N–H and O–H groups in total. The summed E-state index contributed by atoms with van der Waals surface area (Å²) < 4.78 is 58.4. The molecule has 9 nitrogen and oxygen atoms in total. The topological polar surface area (TPSA) is 122 Å². The molecule has 1 amide bonds. The largest absolute Gasteiger partial charge is 0.495 e. The van der Waals surface area contributed by atoms with Crippen molar-refractivity contribution in [2.45, 2.75) is 37.8 Å². The summed E-state index contributed by atoms with van der Waals surface area (Å²) in [6.45, 7) is 4.82. The van der Waals surface area contributed by atoms with Gasteiger partial charge in [-0.1, -0.05) is 18.2 Å². The Bertz CT molecular complexity index is 1130. The first-order chi connectivity index (χ1) is 14.4. The van der Waals surface area contributed by atoms with E-state index >= 15 is 0 Å². The number of carbonyl (C=O) groups is 1. The van der Waals surface area contributed by atoms with Gasteiger partial charge in [-0.2, -0.15) is 0 Å². The monoisotopic (exact) mass is 469 g/mol. The first-order valence-electron chi connectivity index (χ1n) is 9.42. The van der Waals surface area contributed by atoms with E-state index in [2.05, 4.69) is 10.0 Å². The molecule has 0 aliphatic rings. The molecule has 0 aliphatic carbocycles. The Kier molecular flexibility index (Phi) is 7.68. The van der Waals surface area contributed by atoms with Crippen LogP contribution in [0.2, 0.25) is 0 Å². The van der Waals surface area contributed by atoms with Crippen LogP contribution in [0.3, 0.4) is 0 Å². The van der Waals surface area contributed by atoms with Crippen molar-refractivity contribution in [3.8, 4) is 5.75 Å². The van der Waals surface area contributed by atoms with Crippen molar-refractivity contribution < 1.29 is 26.4 Å². The number of sulfonamides is 2. The molecule has 0 bridgehead atoms. The average molecular weight is 470 g/mol. The Morgan fingerprint density at radius 1 is 1.00 bits per heavy atom. The van der Waals surface area contributed by atoms with Crippen LogP contribution in [0.25, 0.3) is 0 Å². The van der Waals surface area contributed by atoms with Crippen molar-refractivity contribution in [3.63, 3.8) is 0 Å². The van der Waals surface area contributed by atoms with E-state index in [1.165, 1.54) is 32.2 Å². The summed E-state index contributed by atoms with van der Waals surface area (Å²) in [6.07, 6.45) is 1.01. The molecule has 0 saturated carbocycles. The van der Waals surface area contributed by atoms with Gasteiger partial charge in [0.1, 0.15) is 11.8 Å². The molecule has 2 aromatic carbocycles. The molecule has 2 rings (SSSR count). The van der Waals surface area contributed by atoms with Crippen molar-refractivity contribution in [2.75, 3.05) is 23.0 Å². The highest BCUT2D eigenvalue weighted by Gasteiger charge is 2.30. The van der Waals surface area contributed by atoms with Crippen molar-refractivity contribution in [3.05, 3.63) is 48.5 Å². The van der Waals surface area contributed by atoms with Crippen LogP contribution in [0.4, 0.5) is 11.4 Å². The number of nitrogens with zero attached hydrogens (tertiary/aromatic N) is 1. The molecule has 1 unspecified atom stereocenters. The van der Waals surface area contributed by atoms with Crippen LogP contribution in [0, 0.1) is 0 Å². The molecular formula is C20H27N3O6S2. The average Bonchev–Trinajstić information content (AvgIpc) is 2.66. The first kappa shape index (κ1) is 24.6. The second kappa shape index (κ2) is 9.67. The van der Waals surface area contributed by atoms with Crippen molar-refractivity contribution in [1.82, 2.24) is 4.72 Å². The normalized spacial score (nSPS) is 13.0. The first-order valence-corrected chi connectivity index (χ1v) is 12.8. The molecule has 11 heteroatoms. The van der Waals surface area contributed by atoms with Gasteiger partial charge in [0.25, 0.3) is 0 Å². The lowest BCUT2D eigenvalue weighted by Crippen LogP contribution is -2.45. The molecular weight excluding hydrogens is 442 g/mol. The minimum absolute atomic E-state index is 0.0621. The third kappa shape index (κ3) is 6.18. The number of methoxy groups -OCH3 is 1. The number of benzene rings is 2. The predicted molar refractivity (Wildman–Crippen MR) is 120 cm³/mol. The highest BCUT2D eigenvalue weighted by molar-refractivity contribution is 7.92. The van der Waals surface area contributed by atoms with E-state index in [9.17, 15) is 21.6 Å². The maximum Gasteiger partial charge on any atom is 0.248 e. The molecule has 0 aliphatic heterocycles. The van der Waals surface area contributed by atoms with Crippen LogP contribution < -0.4 is 19.1 Å². The maximum atomic E-state index is 12.9. The van der Waals surface area contributed by atoms with E-state index in [4.69, 9.17) is 4.74 Å². The second-order valence-electron chi connectivity index (χ2n) is 7.20.